The molecule has 226 valence electrons. The molecule has 0 radical (unpaired) electrons. The van der Waals surface area contributed by atoms with Crippen LogP contribution in [-0.2, 0) is 35.3 Å². The number of methoxy groups -OCH3 is 1. The Morgan fingerprint density at radius 1 is 0.902 bits per heavy atom. The molecule has 0 bridgehead atoms. The first-order valence-electron chi connectivity index (χ1n) is 14.6. The summed E-state index contributed by atoms with van der Waals surface area (Å²) in [5, 5.41) is 10.9. The zero-order valence-corrected chi connectivity index (χ0v) is 24.3. The summed E-state index contributed by atoms with van der Waals surface area (Å²) in [4.78, 5) is 64.2. The number of hydrogen-bond acceptors (Lipinski definition) is 7. The maximum atomic E-state index is 13.6. The summed E-state index contributed by atoms with van der Waals surface area (Å²) in [6, 6.07) is 6.29. The fourth-order valence-corrected chi connectivity index (χ4v) is 5.46. The molecule has 1 saturated heterocycles. The van der Waals surface area contributed by atoms with Gasteiger partial charge in [0.25, 0.3) is 0 Å². The number of benzene rings is 1. The van der Waals surface area contributed by atoms with Crippen molar-refractivity contribution in [1.82, 2.24) is 21.3 Å². The summed E-state index contributed by atoms with van der Waals surface area (Å²) in [7, 11) is 1.23. The van der Waals surface area contributed by atoms with E-state index in [2.05, 4.69) is 21.3 Å². The summed E-state index contributed by atoms with van der Waals surface area (Å²) in [5.74, 6) is -2.32. The maximum absolute atomic E-state index is 13.6. The molecule has 4 amide bonds. The van der Waals surface area contributed by atoms with Gasteiger partial charge in [-0.3, -0.25) is 14.4 Å². The second-order valence-electron chi connectivity index (χ2n) is 11.3. The van der Waals surface area contributed by atoms with Crippen molar-refractivity contribution in [2.45, 2.75) is 89.9 Å². The van der Waals surface area contributed by atoms with Crippen LogP contribution in [0.25, 0.3) is 0 Å². The predicted octanol–water partition coefficient (Wildman–Crippen LogP) is 2.58. The van der Waals surface area contributed by atoms with Gasteiger partial charge in [-0.15, -0.1) is 0 Å². The molecule has 1 aromatic rings. The molecule has 2 fully saturated rings. The Bertz CT molecular complexity index is 1040. The Morgan fingerprint density at radius 3 is 2.20 bits per heavy atom. The molecular weight excluding hydrogens is 528 g/mol. The van der Waals surface area contributed by atoms with Crippen LogP contribution in [0.4, 0.5) is 4.79 Å². The van der Waals surface area contributed by atoms with Crippen molar-refractivity contribution in [3.63, 3.8) is 0 Å². The molecular formula is C30H44N4O7. The lowest BCUT2D eigenvalue weighted by Gasteiger charge is -2.30. The van der Waals surface area contributed by atoms with E-state index in [1.165, 1.54) is 7.11 Å². The minimum Gasteiger partial charge on any atom is -0.467 e. The Labute approximate surface area is 241 Å². The molecule has 11 nitrogen and oxygen atoms in total. The van der Waals surface area contributed by atoms with E-state index in [9.17, 15) is 24.0 Å². The smallest absolute Gasteiger partial charge is 0.408 e. The number of esters is 1. The molecule has 1 aliphatic heterocycles. The largest absolute Gasteiger partial charge is 0.467 e. The summed E-state index contributed by atoms with van der Waals surface area (Å²) in [6.45, 7) is 4.15. The second kappa shape index (κ2) is 16.0. The number of ether oxygens (including phenoxy) is 2. The molecule has 41 heavy (non-hydrogen) atoms. The van der Waals surface area contributed by atoms with E-state index in [1.54, 1.807) is 13.8 Å². The van der Waals surface area contributed by atoms with Gasteiger partial charge in [0, 0.05) is 12.5 Å². The summed E-state index contributed by atoms with van der Waals surface area (Å²) in [6.07, 6.45) is 5.47. The van der Waals surface area contributed by atoms with Crippen LogP contribution >= 0.6 is 0 Å². The van der Waals surface area contributed by atoms with E-state index in [0.717, 1.165) is 37.7 Å². The van der Waals surface area contributed by atoms with E-state index < -0.39 is 47.9 Å². The van der Waals surface area contributed by atoms with Crippen molar-refractivity contribution in [3.8, 4) is 0 Å². The number of alkyl carbamates (subject to hydrolysis) is 1. The van der Waals surface area contributed by atoms with Crippen LogP contribution in [-0.4, -0.2) is 61.6 Å². The van der Waals surface area contributed by atoms with Crippen molar-refractivity contribution < 1.29 is 33.4 Å². The first kappa shape index (κ1) is 31.9. The third kappa shape index (κ3) is 10.1. The highest BCUT2D eigenvalue weighted by Crippen LogP contribution is 2.28. The highest BCUT2D eigenvalue weighted by Gasteiger charge is 2.35. The molecule has 0 unspecified atom stereocenters. The Hall–Kier alpha value is -3.63. The number of carbonyl (C=O) groups is 5. The molecule has 0 spiro atoms. The molecule has 0 aromatic heterocycles. The van der Waals surface area contributed by atoms with Gasteiger partial charge >= 0.3 is 12.1 Å². The van der Waals surface area contributed by atoms with Gasteiger partial charge in [-0.25, -0.2) is 9.59 Å². The minimum absolute atomic E-state index is 0.0553. The van der Waals surface area contributed by atoms with Gasteiger partial charge in [0.05, 0.1) is 7.11 Å². The highest BCUT2D eigenvalue weighted by molar-refractivity contribution is 5.93. The first-order chi connectivity index (χ1) is 19.7. The Kier molecular flexibility index (Phi) is 12.4. The Morgan fingerprint density at radius 2 is 1.59 bits per heavy atom. The van der Waals surface area contributed by atoms with Gasteiger partial charge < -0.3 is 30.7 Å². The molecule has 1 heterocycles. The van der Waals surface area contributed by atoms with Gasteiger partial charge in [0.2, 0.25) is 17.7 Å². The van der Waals surface area contributed by atoms with Crippen LogP contribution in [0.1, 0.15) is 70.8 Å². The molecule has 1 aromatic carbocycles. The summed E-state index contributed by atoms with van der Waals surface area (Å²) < 4.78 is 10.2. The van der Waals surface area contributed by atoms with Crippen molar-refractivity contribution in [2.24, 2.45) is 17.8 Å². The zero-order chi connectivity index (χ0) is 29.8. The number of hydrogen-bond donors (Lipinski definition) is 4. The molecule has 1 aliphatic carbocycles. The summed E-state index contributed by atoms with van der Waals surface area (Å²) in [5.41, 5.74) is 0.813. The van der Waals surface area contributed by atoms with Crippen LogP contribution in [0, 0.1) is 17.8 Å². The van der Waals surface area contributed by atoms with E-state index in [0.29, 0.717) is 19.4 Å². The van der Waals surface area contributed by atoms with Crippen LogP contribution in [0.5, 0.6) is 0 Å². The summed E-state index contributed by atoms with van der Waals surface area (Å²) >= 11 is 0. The van der Waals surface area contributed by atoms with Gasteiger partial charge in [-0.2, -0.15) is 0 Å². The highest BCUT2D eigenvalue weighted by atomic mass is 16.5. The van der Waals surface area contributed by atoms with Crippen molar-refractivity contribution in [1.29, 1.82) is 0 Å². The number of nitrogens with one attached hydrogen (secondary N) is 4. The van der Waals surface area contributed by atoms with Crippen molar-refractivity contribution in [2.75, 3.05) is 13.7 Å². The fourth-order valence-electron chi connectivity index (χ4n) is 5.46. The van der Waals surface area contributed by atoms with Crippen LogP contribution < -0.4 is 21.3 Å². The third-order valence-electron chi connectivity index (χ3n) is 7.85. The zero-order valence-electron chi connectivity index (χ0n) is 24.3. The first-order valence-corrected chi connectivity index (χ1v) is 14.6. The normalized spacial score (nSPS) is 19.4. The Balaban J connectivity index is 1.69. The van der Waals surface area contributed by atoms with Crippen molar-refractivity contribution in [3.05, 3.63) is 35.9 Å². The number of amides is 4. The van der Waals surface area contributed by atoms with E-state index in [-0.39, 0.29) is 30.8 Å². The standard InChI is InChI=1S/C30H44N4O7/c1-19(2)25(34-30(39)41-18-21-12-8-5-9-13-21)28(37)32-23(16-20-10-6-4-7-11-20)27(36)33-24(29(38)40-3)17-22-14-15-31-26(22)35/h5,8-9,12-13,19-20,22-25H,4,6-7,10-11,14-18H2,1-3H3,(H,31,35)(H,32,37)(H,33,36)(H,34,39)/t22-,23-,24-,25-/m0/s1. The second-order valence-corrected chi connectivity index (χ2v) is 11.3. The van der Waals surface area contributed by atoms with Gasteiger partial charge in [0.1, 0.15) is 24.7 Å². The fraction of sp³-hybridized carbons (Fsp3) is 0.633. The van der Waals surface area contributed by atoms with Crippen LogP contribution in [0.15, 0.2) is 30.3 Å². The van der Waals surface area contributed by atoms with Gasteiger partial charge in [-0.1, -0.05) is 76.3 Å². The SMILES string of the molecule is COC(=O)[C@H](C[C@@H]1CCNC1=O)NC(=O)[C@H](CC1CCCCC1)NC(=O)[C@@H](NC(=O)OCc1ccccc1)C(C)C. The van der Waals surface area contributed by atoms with Crippen molar-refractivity contribution >= 4 is 29.8 Å². The quantitative estimate of drug-likeness (QED) is 0.265. The average Bonchev–Trinajstić information content (AvgIpc) is 3.38. The third-order valence-corrected chi connectivity index (χ3v) is 7.85. The molecule has 4 N–H and O–H groups in total. The van der Waals surface area contributed by atoms with E-state index >= 15 is 0 Å². The van der Waals surface area contributed by atoms with E-state index in [1.807, 2.05) is 30.3 Å². The lowest BCUT2D eigenvalue weighted by atomic mass is 9.84. The van der Waals surface area contributed by atoms with Gasteiger partial charge in [-0.05, 0) is 36.7 Å². The topological polar surface area (TPSA) is 152 Å². The maximum Gasteiger partial charge on any atom is 0.408 e. The molecule has 2 aliphatic rings. The molecule has 4 atom stereocenters. The number of rotatable bonds is 13. The van der Waals surface area contributed by atoms with Crippen LogP contribution in [0.3, 0.4) is 0 Å². The van der Waals surface area contributed by atoms with Gasteiger partial charge in [0.15, 0.2) is 0 Å². The molecule has 3 rings (SSSR count). The molecule has 11 heteroatoms. The monoisotopic (exact) mass is 572 g/mol. The lowest BCUT2D eigenvalue weighted by molar-refractivity contribution is -0.146. The predicted molar refractivity (Wildman–Crippen MR) is 151 cm³/mol. The number of carbonyl (C=O) groups excluding carboxylic acids is 5. The average molecular weight is 573 g/mol. The minimum atomic E-state index is -1.03. The lowest BCUT2D eigenvalue weighted by Crippen LogP contribution is -2.57. The van der Waals surface area contributed by atoms with Crippen LogP contribution in [0.2, 0.25) is 0 Å². The van der Waals surface area contributed by atoms with E-state index in [4.69, 9.17) is 9.47 Å². The molecule has 1 saturated carbocycles.